The first-order chi connectivity index (χ1) is 8.91. The van der Waals surface area contributed by atoms with Crippen molar-refractivity contribution in [2.45, 2.75) is 32.6 Å². The van der Waals surface area contributed by atoms with E-state index in [0.717, 1.165) is 12.2 Å². The van der Waals surface area contributed by atoms with Crippen LogP contribution in [0.5, 0.6) is 0 Å². The van der Waals surface area contributed by atoms with Crippen LogP contribution in [0, 0.1) is 5.92 Å². The highest BCUT2D eigenvalue weighted by Gasteiger charge is 2.23. The van der Waals surface area contributed by atoms with Crippen molar-refractivity contribution >= 4 is 15.7 Å². The molecule has 1 aromatic rings. The summed E-state index contributed by atoms with van der Waals surface area (Å²) in [6, 6.07) is 6.94. The second-order valence-corrected chi connectivity index (χ2v) is 6.84. The van der Waals surface area contributed by atoms with Crippen LogP contribution >= 0.6 is 0 Å². The number of nitrogens with one attached hydrogen (secondary N) is 1. The molecule has 0 aliphatic rings. The summed E-state index contributed by atoms with van der Waals surface area (Å²) in [7, 11) is -3.37. The molecule has 0 bridgehead atoms. The van der Waals surface area contributed by atoms with Crippen LogP contribution < -0.4 is 5.32 Å². The lowest BCUT2D eigenvalue weighted by atomic mass is 10.2. The number of sulfonamides is 1. The molecular weight excluding hydrogens is 260 g/mol. The van der Waals surface area contributed by atoms with Gasteiger partial charge in [-0.15, -0.1) is 0 Å². The lowest BCUT2D eigenvalue weighted by molar-refractivity contribution is 0.381. The Morgan fingerprint density at radius 2 is 1.74 bits per heavy atom. The molecule has 108 valence electrons. The average molecular weight is 284 g/mol. The van der Waals surface area contributed by atoms with Crippen molar-refractivity contribution in [3.63, 3.8) is 0 Å². The maximum atomic E-state index is 12.5. The van der Waals surface area contributed by atoms with Gasteiger partial charge in [0.15, 0.2) is 0 Å². The lowest BCUT2D eigenvalue weighted by Gasteiger charge is -2.22. The van der Waals surface area contributed by atoms with Gasteiger partial charge in [0.2, 0.25) is 10.0 Å². The normalized spacial score (nSPS) is 12.1. The number of anilines is 1. The van der Waals surface area contributed by atoms with Gasteiger partial charge >= 0.3 is 0 Å². The van der Waals surface area contributed by atoms with E-state index in [1.54, 1.807) is 24.3 Å². The molecule has 0 aliphatic heterocycles. The Morgan fingerprint density at radius 1 is 1.16 bits per heavy atom. The van der Waals surface area contributed by atoms with E-state index in [2.05, 4.69) is 5.32 Å². The van der Waals surface area contributed by atoms with Crippen LogP contribution in [0.3, 0.4) is 0 Å². The smallest absolute Gasteiger partial charge is 0.243 e. The summed E-state index contributed by atoms with van der Waals surface area (Å²) < 4.78 is 26.5. The summed E-state index contributed by atoms with van der Waals surface area (Å²) >= 11 is 0. The number of nitrogens with zero attached hydrogens (tertiary/aromatic N) is 1. The minimum atomic E-state index is -3.37. The first-order valence-corrected chi connectivity index (χ1v) is 8.19. The van der Waals surface area contributed by atoms with Gasteiger partial charge in [-0.2, -0.15) is 4.31 Å². The molecule has 1 rings (SSSR count). The van der Waals surface area contributed by atoms with Crippen LogP contribution in [0.1, 0.15) is 27.7 Å². The van der Waals surface area contributed by atoms with Gasteiger partial charge in [0, 0.05) is 25.3 Å². The largest absolute Gasteiger partial charge is 0.385 e. The van der Waals surface area contributed by atoms with E-state index in [0.29, 0.717) is 23.9 Å². The quantitative estimate of drug-likeness (QED) is 0.837. The van der Waals surface area contributed by atoms with Crippen molar-refractivity contribution in [2.75, 3.05) is 25.0 Å². The number of rotatable bonds is 7. The van der Waals surface area contributed by atoms with Crippen molar-refractivity contribution in [3.05, 3.63) is 24.3 Å². The number of hydrogen-bond acceptors (Lipinski definition) is 3. The fourth-order valence-corrected chi connectivity index (χ4v) is 3.51. The molecule has 0 amide bonds. The summed E-state index contributed by atoms with van der Waals surface area (Å²) in [5.74, 6) is 0.316. The van der Waals surface area contributed by atoms with E-state index in [4.69, 9.17) is 0 Å². The standard InChI is InChI=1S/C14H24N2O2S/c1-5-15-13-7-9-14(10-8-13)19(17,18)16(6-2)11-12(3)4/h7-10,12,15H,5-6,11H2,1-4H3. The molecule has 0 spiro atoms. The van der Waals surface area contributed by atoms with Gasteiger partial charge in [-0.05, 0) is 37.1 Å². The molecule has 0 aliphatic carbocycles. The Kier molecular flexibility index (Phi) is 5.82. The third-order valence-corrected chi connectivity index (χ3v) is 4.75. The van der Waals surface area contributed by atoms with E-state index >= 15 is 0 Å². The first-order valence-electron chi connectivity index (χ1n) is 6.75. The summed E-state index contributed by atoms with van der Waals surface area (Å²) in [5, 5.41) is 3.15. The van der Waals surface area contributed by atoms with E-state index in [9.17, 15) is 8.42 Å². The van der Waals surface area contributed by atoms with Crippen molar-refractivity contribution in [2.24, 2.45) is 5.92 Å². The van der Waals surface area contributed by atoms with E-state index in [1.165, 1.54) is 4.31 Å². The Labute approximate surface area is 116 Å². The molecule has 5 heteroatoms. The second-order valence-electron chi connectivity index (χ2n) is 4.90. The third-order valence-electron chi connectivity index (χ3n) is 2.79. The maximum Gasteiger partial charge on any atom is 0.243 e. The highest BCUT2D eigenvalue weighted by atomic mass is 32.2. The fourth-order valence-electron chi connectivity index (χ4n) is 1.90. The van der Waals surface area contributed by atoms with Crippen LogP contribution in [0.15, 0.2) is 29.2 Å². The van der Waals surface area contributed by atoms with Gasteiger partial charge in [-0.1, -0.05) is 20.8 Å². The fraction of sp³-hybridized carbons (Fsp3) is 0.571. The predicted molar refractivity (Wildman–Crippen MR) is 79.9 cm³/mol. The van der Waals surface area contributed by atoms with E-state index in [-0.39, 0.29) is 0 Å². The second kappa shape index (κ2) is 6.91. The highest BCUT2D eigenvalue weighted by molar-refractivity contribution is 7.89. The molecule has 19 heavy (non-hydrogen) atoms. The number of benzene rings is 1. The summed E-state index contributed by atoms with van der Waals surface area (Å²) in [6.07, 6.45) is 0. The molecule has 0 saturated heterocycles. The van der Waals surface area contributed by atoms with Gasteiger partial charge in [-0.3, -0.25) is 0 Å². The summed E-state index contributed by atoms with van der Waals surface area (Å²) in [5.41, 5.74) is 0.938. The first kappa shape index (κ1) is 16.0. The Bertz CT molecular complexity index is 481. The zero-order valence-electron chi connectivity index (χ0n) is 12.2. The van der Waals surface area contributed by atoms with E-state index < -0.39 is 10.0 Å². The van der Waals surface area contributed by atoms with Crippen LogP contribution in [0.2, 0.25) is 0 Å². The molecule has 1 N–H and O–H groups in total. The molecular formula is C14H24N2O2S. The Balaban J connectivity index is 2.98. The predicted octanol–water partition coefficient (Wildman–Crippen LogP) is 2.79. The molecule has 0 radical (unpaired) electrons. The van der Waals surface area contributed by atoms with Crippen molar-refractivity contribution in [1.82, 2.24) is 4.31 Å². The Hall–Kier alpha value is -1.07. The van der Waals surface area contributed by atoms with Gasteiger partial charge in [0.25, 0.3) is 0 Å². The van der Waals surface area contributed by atoms with Crippen molar-refractivity contribution < 1.29 is 8.42 Å². The van der Waals surface area contributed by atoms with Crippen LogP contribution in [0.4, 0.5) is 5.69 Å². The zero-order valence-corrected chi connectivity index (χ0v) is 13.0. The minimum Gasteiger partial charge on any atom is -0.385 e. The molecule has 0 unspecified atom stereocenters. The Morgan fingerprint density at radius 3 is 2.16 bits per heavy atom. The minimum absolute atomic E-state index is 0.316. The summed E-state index contributed by atoms with van der Waals surface area (Å²) in [4.78, 5) is 0.358. The monoisotopic (exact) mass is 284 g/mol. The lowest BCUT2D eigenvalue weighted by Crippen LogP contribution is -2.34. The van der Waals surface area contributed by atoms with E-state index in [1.807, 2.05) is 27.7 Å². The molecule has 1 aromatic carbocycles. The molecule has 0 heterocycles. The van der Waals surface area contributed by atoms with Gasteiger partial charge < -0.3 is 5.32 Å². The van der Waals surface area contributed by atoms with Crippen LogP contribution in [0.25, 0.3) is 0 Å². The highest BCUT2D eigenvalue weighted by Crippen LogP contribution is 2.19. The van der Waals surface area contributed by atoms with Gasteiger partial charge in [0.05, 0.1) is 4.90 Å². The average Bonchev–Trinajstić information content (AvgIpc) is 2.36. The zero-order chi connectivity index (χ0) is 14.5. The molecule has 0 aromatic heterocycles. The number of hydrogen-bond donors (Lipinski definition) is 1. The van der Waals surface area contributed by atoms with Crippen LogP contribution in [-0.4, -0.2) is 32.4 Å². The summed E-state index contributed by atoms with van der Waals surface area (Å²) in [6.45, 7) is 9.78. The van der Waals surface area contributed by atoms with Crippen molar-refractivity contribution in [1.29, 1.82) is 0 Å². The molecule has 0 fully saturated rings. The topological polar surface area (TPSA) is 49.4 Å². The molecule has 4 nitrogen and oxygen atoms in total. The third kappa shape index (κ3) is 4.21. The van der Waals surface area contributed by atoms with Gasteiger partial charge in [-0.25, -0.2) is 8.42 Å². The maximum absolute atomic E-state index is 12.5. The molecule has 0 atom stereocenters. The van der Waals surface area contributed by atoms with Gasteiger partial charge in [0.1, 0.15) is 0 Å². The van der Waals surface area contributed by atoms with Crippen molar-refractivity contribution in [3.8, 4) is 0 Å². The molecule has 0 saturated carbocycles. The SMILES string of the molecule is CCNc1ccc(S(=O)(=O)N(CC)CC(C)C)cc1. The van der Waals surface area contributed by atoms with Crippen LogP contribution in [-0.2, 0) is 10.0 Å².